The van der Waals surface area contributed by atoms with Gasteiger partial charge >= 0.3 is 6.09 Å². The average Bonchev–Trinajstić information content (AvgIpc) is 3.60. The fourth-order valence-electron chi connectivity index (χ4n) is 6.61. The summed E-state index contributed by atoms with van der Waals surface area (Å²) in [7, 11) is -3.84. The van der Waals surface area contributed by atoms with Gasteiger partial charge in [0.05, 0.1) is 22.7 Å². The van der Waals surface area contributed by atoms with Gasteiger partial charge in [0.15, 0.2) is 5.65 Å². The Bertz CT molecular complexity index is 1780. The summed E-state index contributed by atoms with van der Waals surface area (Å²) in [6.07, 6.45) is 8.84. The van der Waals surface area contributed by atoms with Crippen molar-refractivity contribution in [2.75, 3.05) is 13.1 Å². The molecule has 226 valence electrons. The fraction of sp³-hybridized carbons (Fsp3) is 0.500. The van der Waals surface area contributed by atoms with Gasteiger partial charge in [0.25, 0.3) is 10.0 Å². The number of imidazole rings is 1. The number of benzene rings is 1. The molecule has 0 atom stereocenters. The fourth-order valence-corrected chi connectivity index (χ4v) is 7.93. The summed E-state index contributed by atoms with van der Waals surface area (Å²) < 4.78 is 36.4. The number of amides is 1. The number of aromatic nitrogens is 4. The monoisotopic (exact) mass is 602 g/mol. The Kier molecular flexibility index (Phi) is 7.67. The van der Waals surface area contributed by atoms with E-state index in [0.717, 1.165) is 60.8 Å². The molecule has 2 fully saturated rings. The smallest absolute Gasteiger partial charge is 0.410 e. The first-order chi connectivity index (χ1) is 20.6. The van der Waals surface area contributed by atoms with Crippen LogP contribution in [0.3, 0.4) is 0 Å². The molecule has 3 aromatic heterocycles. The number of hydrogen-bond donors (Lipinski definition) is 0. The number of nitrogens with zero attached hydrogens (tertiary/aromatic N) is 6. The van der Waals surface area contributed by atoms with Crippen LogP contribution in [0.2, 0.25) is 0 Å². The topological polar surface area (TPSA) is 123 Å². The number of carbonyl (C=O) groups excluding carboxylic acids is 1. The lowest BCUT2D eigenvalue weighted by Crippen LogP contribution is -2.41. The Morgan fingerprint density at radius 2 is 1.74 bits per heavy atom. The van der Waals surface area contributed by atoms with Crippen molar-refractivity contribution in [2.45, 2.75) is 88.2 Å². The molecule has 1 amide bonds. The van der Waals surface area contributed by atoms with Gasteiger partial charge < -0.3 is 14.2 Å². The zero-order chi connectivity index (χ0) is 30.4. The van der Waals surface area contributed by atoms with E-state index in [1.165, 1.54) is 3.97 Å². The van der Waals surface area contributed by atoms with E-state index >= 15 is 0 Å². The van der Waals surface area contributed by atoms with Gasteiger partial charge in [-0.25, -0.2) is 27.2 Å². The molecule has 0 spiro atoms. The van der Waals surface area contributed by atoms with Crippen LogP contribution in [0.5, 0.6) is 0 Å². The SMILES string of the molecule is CC(C)(C)OC(=O)N1CCC(c2nc3cnc4c(ccn4S(=O)(=O)c4ccccc4)c3n2C2CCC(CC#N)CC2)CC1. The largest absolute Gasteiger partial charge is 0.444 e. The second kappa shape index (κ2) is 11.3. The van der Waals surface area contributed by atoms with Crippen LogP contribution < -0.4 is 0 Å². The first kappa shape index (κ1) is 29.2. The molecule has 10 nitrogen and oxygen atoms in total. The summed E-state index contributed by atoms with van der Waals surface area (Å²) in [5.74, 6) is 1.50. The summed E-state index contributed by atoms with van der Waals surface area (Å²) in [6, 6.07) is 12.7. The number of nitriles is 1. The van der Waals surface area contributed by atoms with Gasteiger partial charge in [0.2, 0.25) is 0 Å². The van der Waals surface area contributed by atoms with Crippen molar-refractivity contribution in [1.29, 1.82) is 5.26 Å². The van der Waals surface area contributed by atoms with Gasteiger partial charge in [0, 0.05) is 43.1 Å². The Morgan fingerprint density at radius 3 is 2.40 bits per heavy atom. The van der Waals surface area contributed by atoms with Crippen LogP contribution in [-0.2, 0) is 14.8 Å². The molecule has 2 aliphatic rings. The van der Waals surface area contributed by atoms with Crippen LogP contribution >= 0.6 is 0 Å². The molecule has 1 saturated heterocycles. The lowest BCUT2D eigenvalue weighted by Gasteiger charge is -2.35. The van der Waals surface area contributed by atoms with E-state index in [2.05, 4.69) is 15.6 Å². The third-order valence-corrected chi connectivity index (χ3v) is 10.4. The van der Waals surface area contributed by atoms with Gasteiger partial charge in [0.1, 0.15) is 16.9 Å². The van der Waals surface area contributed by atoms with Gasteiger partial charge in [-0.2, -0.15) is 5.26 Å². The Labute approximate surface area is 252 Å². The Hall–Kier alpha value is -3.91. The van der Waals surface area contributed by atoms with Crippen LogP contribution in [0, 0.1) is 17.2 Å². The van der Waals surface area contributed by atoms with Crippen molar-refractivity contribution in [3.8, 4) is 6.07 Å². The quantitative estimate of drug-likeness (QED) is 0.260. The zero-order valence-electron chi connectivity index (χ0n) is 24.9. The molecule has 0 radical (unpaired) electrons. The first-order valence-corrected chi connectivity index (χ1v) is 16.5. The number of carbonyl (C=O) groups is 1. The lowest BCUT2D eigenvalue weighted by molar-refractivity contribution is 0.0202. The van der Waals surface area contributed by atoms with Crippen molar-refractivity contribution in [2.24, 2.45) is 5.92 Å². The van der Waals surface area contributed by atoms with E-state index < -0.39 is 15.6 Å². The van der Waals surface area contributed by atoms with E-state index in [4.69, 9.17) is 9.72 Å². The molecule has 4 aromatic rings. The summed E-state index contributed by atoms with van der Waals surface area (Å²) in [6.45, 7) is 6.78. The molecule has 1 aromatic carbocycles. The molecule has 6 rings (SSSR count). The number of ether oxygens (including phenoxy) is 1. The highest BCUT2D eigenvalue weighted by Crippen LogP contribution is 2.41. The third-order valence-electron chi connectivity index (χ3n) is 8.73. The average molecular weight is 603 g/mol. The molecule has 1 aliphatic heterocycles. The van der Waals surface area contributed by atoms with Gasteiger partial charge in [-0.05, 0) is 83.4 Å². The molecule has 4 heterocycles. The predicted molar refractivity (Wildman–Crippen MR) is 163 cm³/mol. The summed E-state index contributed by atoms with van der Waals surface area (Å²) in [5, 5.41) is 10.0. The standard InChI is InChI=1S/C32H38N6O4S/c1-32(2,3)42-31(39)36-18-14-23(15-19-36)29-35-27-21-34-30-26(16-20-37(30)43(40,41)25-7-5-4-6-8-25)28(27)38(29)24-11-9-22(10-12-24)13-17-33/h4-8,16,20-24H,9-15,18-19H2,1-3H3. The van der Waals surface area contributed by atoms with Gasteiger partial charge in [-0.15, -0.1) is 0 Å². The molecule has 0 unspecified atom stereocenters. The summed E-state index contributed by atoms with van der Waals surface area (Å²) in [5.41, 5.74) is 1.48. The minimum absolute atomic E-state index is 0.133. The molecular weight excluding hydrogens is 564 g/mol. The Balaban J connectivity index is 1.40. The zero-order valence-corrected chi connectivity index (χ0v) is 25.8. The maximum atomic E-state index is 13.6. The highest BCUT2D eigenvalue weighted by molar-refractivity contribution is 7.90. The number of likely N-dealkylation sites (tertiary alicyclic amines) is 1. The molecule has 0 bridgehead atoms. The second-order valence-corrected chi connectivity index (χ2v) is 14.6. The second-order valence-electron chi connectivity index (χ2n) is 12.8. The highest BCUT2D eigenvalue weighted by atomic mass is 32.2. The van der Waals surface area contributed by atoms with E-state index in [1.807, 2.05) is 26.8 Å². The molecule has 0 N–H and O–H groups in total. The van der Waals surface area contributed by atoms with E-state index in [1.54, 1.807) is 47.6 Å². The number of hydrogen-bond acceptors (Lipinski definition) is 7. The van der Waals surface area contributed by atoms with Crippen LogP contribution in [0.15, 0.2) is 53.7 Å². The predicted octanol–water partition coefficient (Wildman–Crippen LogP) is 6.38. The normalized spacial score (nSPS) is 20.4. The third kappa shape index (κ3) is 5.60. The number of pyridine rings is 1. The van der Waals surface area contributed by atoms with Gasteiger partial charge in [-0.1, -0.05) is 18.2 Å². The van der Waals surface area contributed by atoms with E-state index in [-0.39, 0.29) is 22.9 Å². The number of rotatable bonds is 5. The van der Waals surface area contributed by atoms with E-state index in [0.29, 0.717) is 31.1 Å². The number of fused-ring (bicyclic) bond motifs is 3. The minimum atomic E-state index is -3.84. The highest BCUT2D eigenvalue weighted by Gasteiger charge is 2.34. The van der Waals surface area contributed by atoms with E-state index in [9.17, 15) is 18.5 Å². The molecule has 43 heavy (non-hydrogen) atoms. The Morgan fingerprint density at radius 1 is 1.05 bits per heavy atom. The summed E-state index contributed by atoms with van der Waals surface area (Å²) >= 11 is 0. The number of piperidine rings is 1. The molecule has 1 aliphatic carbocycles. The summed E-state index contributed by atoms with van der Waals surface area (Å²) in [4.78, 5) is 24.5. The van der Waals surface area contributed by atoms with Crippen LogP contribution in [0.25, 0.3) is 22.1 Å². The molecular formula is C32H38N6O4S. The lowest BCUT2D eigenvalue weighted by atomic mass is 9.84. The first-order valence-electron chi connectivity index (χ1n) is 15.1. The minimum Gasteiger partial charge on any atom is -0.444 e. The van der Waals surface area contributed by atoms with Crippen LogP contribution in [0.4, 0.5) is 4.79 Å². The van der Waals surface area contributed by atoms with Crippen molar-refractivity contribution < 1.29 is 17.9 Å². The maximum absolute atomic E-state index is 13.6. The van der Waals surface area contributed by atoms with Gasteiger partial charge in [-0.3, -0.25) is 0 Å². The van der Waals surface area contributed by atoms with Crippen molar-refractivity contribution in [3.05, 3.63) is 54.6 Å². The maximum Gasteiger partial charge on any atom is 0.410 e. The van der Waals surface area contributed by atoms with Crippen LogP contribution in [0.1, 0.15) is 83.5 Å². The van der Waals surface area contributed by atoms with Crippen molar-refractivity contribution in [3.63, 3.8) is 0 Å². The van der Waals surface area contributed by atoms with Crippen LogP contribution in [-0.4, -0.2) is 56.6 Å². The molecule has 1 saturated carbocycles. The van der Waals surface area contributed by atoms with Crippen molar-refractivity contribution in [1.82, 2.24) is 23.4 Å². The van der Waals surface area contributed by atoms with Crippen molar-refractivity contribution >= 4 is 38.2 Å². The molecule has 11 heteroatoms.